The lowest BCUT2D eigenvalue weighted by molar-refractivity contribution is -0.136. The fraction of sp³-hybridized carbons (Fsp3) is 0.548. The number of nitrogens with zero attached hydrogens (tertiary/aromatic N) is 4. The van der Waals surface area contributed by atoms with Gasteiger partial charge in [0.2, 0.25) is 5.91 Å². The lowest BCUT2D eigenvalue weighted by Crippen LogP contribution is -2.52. The Kier molecular flexibility index (Phi) is 10.6. The SMILES string of the molecule is CCN1CCCCCCN(C(=O)CN2CCN(C)CC2)[C@@H](Cc2ccccc2)COc2ccccc2C1=O. The van der Waals surface area contributed by atoms with Crippen molar-refractivity contribution < 1.29 is 14.3 Å². The van der Waals surface area contributed by atoms with Crippen LogP contribution in [0.4, 0.5) is 0 Å². The second kappa shape index (κ2) is 14.3. The van der Waals surface area contributed by atoms with Crippen LogP contribution in [0.5, 0.6) is 5.75 Å². The Morgan fingerprint density at radius 2 is 1.55 bits per heavy atom. The molecule has 0 saturated carbocycles. The molecule has 0 spiro atoms. The standard InChI is InChI=1S/C31H44N4O3/c1-3-34-17-11-4-5-12-18-35(30(36)24-33-21-19-32(2)20-22-33)27(23-26-13-7-6-8-14-26)25-38-29-16-10-9-15-28(29)31(34)37/h6-10,13-16,27H,3-5,11-12,17-25H2,1-2H3/t27-/m0/s1. The van der Waals surface area contributed by atoms with E-state index >= 15 is 0 Å². The molecule has 0 aromatic heterocycles. The van der Waals surface area contributed by atoms with E-state index in [0.29, 0.717) is 37.4 Å². The predicted octanol–water partition coefficient (Wildman–Crippen LogP) is 3.79. The van der Waals surface area contributed by atoms with Gasteiger partial charge in [0.15, 0.2) is 0 Å². The molecule has 0 aliphatic carbocycles. The van der Waals surface area contributed by atoms with Gasteiger partial charge in [0, 0.05) is 45.8 Å². The maximum Gasteiger partial charge on any atom is 0.257 e. The van der Waals surface area contributed by atoms with Crippen LogP contribution < -0.4 is 4.74 Å². The van der Waals surface area contributed by atoms with Crippen LogP contribution in [0, 0.1) is 0 Å². The minimum atomic E-state index is -0.120. The first-order valence-electron chi connectivity index (χ1n) is 14.3. The summed E-state index contributed by atoms with van der Waals surface area (Å²) in [5, 5.41) is 0. The van der Waals surface area contributed by atoms with Gasteiger partial charge in [0.05, 0.1) is 18.2 Å². The normalized spacial score (nSPS) is 20.9. The number of rotatable bonds is 5. The Morgan fingerprint density at radius 1 is 0.868 bits per heavy atom. The smallest absolute Gasteiger partial charge is 0.257 e. The van der Waals surface area contributed by atoms with Gasteiger partial charge < -0.3 is 19.4 Å². The monoisotopic (exact) mass is 520 g/mol. The third-order valence-corrected chi connectivity index (χ3v) is 7.82. The van der Waals surface area contributed by atoms with Crippen molar-refractivity contribution in [2.24, 2.45) is 0 Å². The van der Waals surface area contributed by atoms with E-state index in [0.717, 1.165) is 65.0 Å². The van der Waals surface area contributed by atoms with Crippen LogP contribution in [0.15, 0.2) is 54.6 Å². The van der Waals surface area contributed by atoms with Crippen LogP contribution >= 0.6 is 0 Å². The molecule has 2 heterocycles. The fourth-order valence-electron chi connectivity index (χ4n) is 5.41. The molecule has 4 rings (SSSR count). The molecule has 0 N–H and O–H groups in total. The number of piperazine rings is 1. The number of carbonyl (C=O) groups is 2. The molecule has 1 saturated heterocycles. The molecule has 38 heavy (non-hydrogen) atoms. The van der Waals surface area contributed by atoms with Crippen molar-refractivity contribution in [3.63, 3.8) is 0 Å². The van der Waals surface area contributed by atoms with Crippen molar-refractivity contribution in [1.82, 2.24) is 19.6 Å². The molecular weight excluding hydrogens is 476 g/mol. The summed E-state index contributed by atoms with van der Waals surface area (Å²) in [4.78, 5) is 35.8. The molecule has 0 unspecified atom stereocenters. The van der Waals surface area contributed by atoms with Gasteiger partial charge in [0.1, 0.15) is 12.4 Å². The summed E-state index contributed by atoms with van der Waals surface area (Å²) in [6.07, 6.45) is 4.72. The summed E-state index contributed by atoms with van der Waals surface area (Å²) in [5.41, 5.74) is 1.78. The van der Waals surface area contributed by atoms with Crippen molar-refractivity contribution in [2.75, 3.05) is 66.0 Å². The largest absolute Gasteiger partial charge is 0.491 e. The zero-order valence-corrected chi connectivity index (χ0v) is 23.2. The van der Waals surface area contributed by atoms with E-state index in [1.807, 2.05) is 54.3 Å². The van der Waals surface area contributed by atoms with Crippen molar-refractivity contribution in [2.45, 2.75) is 45.1 Å². The van der Waals surface area contributed by atoms with Crippen LogP contribution in [0.3, 0.4) is 0 Å². The van der Waals surface area contributed by atoms with Crippen LogP contribution in [0.2, 0.25) is 0 Å². The topological polar surface area (TPSA) is 56.3 Å². The summed E-state index contributed by atoms with van der Waals surface area (Å²) >= 11 is 0. The Hall–Kier alpha value is -2.90. The Bertz CT molecular complexity index is 1020. The van der Waals surface area contributed by atoms with Crippen LogP contribution in [0.25, 0.3) is 0 Å². The average Bonchev–Trinajstić information content (AvgIpc) is 2.94. The number of amides is 2. The summed E-state index contributed by atoms with van der Waals surface area (Å²) in [6.45, 7) is 8.78. The fourth-order valence-corrected chi connectivity index (χ4v) is 5.41. The van der Waals surface area contributed by atoms with Gasteiger partial charge in [-0.05, 0) is 50.9 Å². The van der Waals surface area contributed by atoms with Crippen molar-refractivity contribution >= 4 is 11.8 Å². The number of hydrogen-bond donors (Lipinski definition) is 0. The van der Waals surface area contributed by atoms with Gasteiger partial charge >= 0.3 is 0 Å². The Balaban J connectivity index is 1.59. The minimum absolute atomic E-state index is 0.0165. The van der Waals surface area contributed by atoms with Crippen molar-refractivity contribution in [3.05, 3.63) is 65.7 Å². The van der Waals surface area contributed by atoms with E-state index in [-0.39, 0.29) is 17.9 Å². The highest BCUT2D eigenvalue weighted by molar-refractivity contribution is 5.96. The number of likely N-dealkylation sites (N-methyl/N-ethyl adjacent to an activating group) is 1. The lowest BCUT2D eigenvalue weighted by Gasteiger charge is -2.36. The number of hydrogen-bond acceptors (Lipinski definition) is 5. The highest BCUT2D eigenvalue weighted by atomic mass is 16.5. The minimum Gasteiger partial charge on any atom is -0.491 e. The van der Waals surface area contributed by atoms with Crippen LogP contribution in [0.1, 0.15) is 48.5 Å². The van der Waals surface area contributed by atoms with E-state index in [9.17, 15) is 9.59 Å². The first-order valence-corrected chi connectivity index (χ1v) is 14.3. The van der Waals surface area contributed by atoms with E-state index in [1.54, 1.807) is 0 Å². The quantitative estimate of drug-likeness (QED) is 0.601. The molecule has 0 radical (unpaired) electrons. The third-order valence-electron chi connectivity index (χ3n) is 7.82. The second-order valence-corrected chi connectivity index (χ2v) is 10.6. The summed E-state index contributed by atoms with van der Waals surface area (Å²) in [7, 11) is 2.13. The molecule has 2 aromatic carbocycles. The molecular formula is C31H44N4O3. The van der Waals surface area contributed by atoms with Crippen LogP contribution in [-0.2, 0) is 11.2 Å². The lowest BCUT2D eigenvalue weighted by atomic mass is 10.0. The first kappa shape index (κ1) is 28.1. The molecule has 2 aliphatic heterocycles. The molecule has 7 heteroatoms. The van der Waals surface area contributed by atoms with Gasteiger partial charge in [-0.15, -0.1) is 0 Å². The molecule has 1 fully saturated rings. The highest BCUT2D eigenvalue weighted by Gasteiger charge is 2.28. The van der Waals surface area contributed by atoms with Crippen molar-refractivity contribution in [3.8, 4) is 5.75 Å². The highest BCUT2D eigenvalue weighted by Crippen LogP contribution is 2.23. The number of para-hydroxylation sites is 1. The summed E-state index contributed by atoms with van der Waals surface area (Å²) in [6, 6.07) is 17.8. The van der Waals surface area contributed by atoms with Gasteiger partial charge in [-0.2, -0.15) is 0 Å². The summed E-state index contributed by atoms with van der Waals surface area (Å²) < 4.78 is 6.40. The number of ether oxygens (including phenoxy) is 1. The van der Waals surface area contributed by atoms with Gasteiger partial charge in [0.25, 0.3) is 5.91 Å². The maximum atomic E-state index is 13.8. The zero-order valence-electron chi connectivity index (χ0n) is 23.2. The third kappa shape index (κ3) is 7.81. The molecule has 1 atom stereocenters. The second-order valence-electron chi connectivity index (χ2n) is 10.6. The van der Waals surface area contributed by atoms with Crippen LogP contribution in [-0.4, -0.2) is 103 Å². The number of fused-ring (bicyclic) bond motifs is 1. The predicted molar refractivity (Wildman–Crippen MR) is 152 cm³/mol. The molecule has 7 nitrogen and oxygen atoms in total. The first-order chi connectivity index (χ1) is 18.5. The van der Waals surface area contributed by atoms with Crippen molar-refractivity contribution in [1.29, 1.82) is 0 Å². The molecule has 2 aliphatic rings. The van der Waals surface area contributed by atoms with E-state index in [4.69, 9.17) is 4.74 Å². The molecule has 2 amide bonds. The maximum absolute atomic E-state index is 13.8. The zero-order chi connectivity index (χ0) is 26.7. The molecule has 206 valence electrons. The summed E-state index contributed by atoms with van der Waals surface area (Å²) in [5.74, 6) is 0.785. The van der Waals surface area contributed by atoms with Gasteiger partial charge in [-0.3, -0.25) is 14.5 Å². The van der Waals surface area contributed by atoms with E-state index in [1.165, 1.54) is 5.56 Å². The van der Waals surface area contributed by atoms with E-state index < -0.39 is 0 Å². The number of benzene rings is 2. The molecule has 2 aromatic rings. The Labute approximate surface area is 228 Å². The van der Waals surface area contributed by atoms with E-state index in [2.05, 4.69) is 33.9 Å². The van der Waals surface area contributed by atoms with Gasteiger partial charge in [-0.1, -0.05) is 55.3 Å². The number of carbonyl (C=O) groups excluding carboxylic acids is 2. The average molecular weight is 521 g/mol. The Morgan fingerprint density at radius 3 is 2.29 bits per heavy atom. The molecule has 0 bridgehead atoms. The van der Waals surface area contributed by atoms with Gasteiger partial charge in [-0.25, -0.2) is 0 Å².